The molecule has 1 amide bonds. The fourth-order valence-corrected chi connectivity index (χ4v) is 4.08. The van der Waals surface area contributed by atoms with Gasteiger partial charge in [0.05, 0.1) is 18.0 Å². The molecule has 3 unspecified atom stereocenters. The Morgan fingerprint density at radius 1 is 1.39 bits per heavy atom. The summed E-state index contributed by atoms with van der Waals surface area (Å²) >= 11 is 0. The Morgan fingerprint density at radius 2 is 2.21 bits per heavy atom. The number of aromatic nitrogens is 3. The van der Waals surface area contributed by atoms with Crippen molar-refractivity contribution in [1.82, 2.24) is 19.7 Å². The second-order valence-electron chi connectivity index (χ2n) is 7.39. The minimum atomic E-state index is -0.640. The van der Waals surface area contributed by atoms with Crippen LogP contribution in [0, 0.1) is 23.2 Å². The summed E-state index contributed by atoms with van der Waals surface area (Å²) in [4.78, 5) is 17.8. The summed E-state index contributed by atoms with van der Waals surface area (Å²) < 4.78 is 15.0. The first-order valence-electron chi connectivity index (χ1n) is 9.46. The van der Waals surface area contributed by atoms with E-state index in [1.807, 2.05) is 0 Å². The minimum absolute atomic E-state index is 0.120. The summed E-state index contributed by atoms with van der Waals surface area (Å²) in [5.41, 5.74) is 6.13. The zero-order chi connectivity index (χ0) is 19.7. The lowest BCUT2D eigenvalue weighted by atomic mass is 9.81. The van der Waals surface area contributed by atoms with E-state index in [1.165, 1.54) is 18.7 Å². The number of pyridine rings is 1. The average molecular weight is 383 g/mol. The molecule has 2 aromatic heterocycles. The molecule has 0 bridgehead atoms. The zero-order valence-corrected chi connectivity index (χ0v) is 15.4. The fraction of sp³-hybridized carbons (Fsp3) is 0.474. The van der Waals surface area contributed by atoms with Crippen LogP contribution in [0.1, 0.15) is 42.1 Å². The molecule has 2 aromatic rings. The Balaban J connectivity index is 1.57. The highest BCUT2D eigenvalue weighted by molar-refractivity contribution is 5.98. The van der Waals surface area contributed by atoms with E-state index in [-0.39, 0.29) is 23.3 Å². The molecule has 2 aliphatic rings. The van der Waals surface area contributed by atoms with E-state index >= 15 is 0 Å². The van der Waals surface area contributed by atoms with Crippen LogP contribution in [0.3, 0.4) is 0 Å². The molecule has 2 fully saturated rings. The van der Waals surface area contributed by atoms with E-state index in [4.69, 9.17) is 5.73 Å². The predicted molar refractivity (Wildman–Crippen MR) is 100 cm³/mol. The number of anilines is 2. The first-order valence-corrected chi connectivity index (χ1v) is 9.46. The Kier molecular flexibility index (Phi) is 4.96. The highest BCUT2D eigenvalue weighted by Crippen LogP contribution is 2.37. The van der Waals surface area contributed by atoms with Crippen LogP contribution in [0.2, 0.25) is 0 Å². The second kappa shape index (κ2) is 7.56. The summed E-state index contributed by atoms with van der Waals surface area (Å²) in [6, 6.07) is 5.52. The van der Waals surface area contributed by atoms with Gasteiger partial charge in [0.2, 0.25) is 5.95 Å². The Hall–Kier alpha value is -2.99. The van der Waals surface area contributed by atoms with Gasteiger partial charge in [-0.2, -0.15) is 14.8 Å². The van der Waals surface area contributed by atoms with Crippen LogP contribution >= 0.6 is 0 Å². The number of nitriles is 1. The average Bonchev–Trinajstić information content (AvgIpc) is 3.04. The number of carbonyl (C=O) groups is 1. The molecule has 1 saturated heterocycles. The van der Waals surface area contributed by atoms with Gasteiger partial charge in [-0.05, 0) is 44.8 Å². The van der Waals surface area contributed by atoms with Crippen LogP contribution < -0.4 is 11.1 Å². The Morgan fingerprint density at radius 3 is 2.86 bits per heavy atom. The largest absolute Gasteiger partial charge is 0.365 e. The van der Waals surface area contributed by atoms with Gasteiger partial charge < -0.3 is 16.0 Å². The molecule has 1 saturated carbocycles. The lowest BCUT2D eigenvalue weighted by Crippen LogP contribution is -2.48. The van der Waals surface area contributed by atoms with Gasteiger partial charge in [0.1, 0.15) is 5.56 Å². The molecule has 0 aromatic carbocycles. The Labute approximate surface area is 162 Å². The number of rotatable bonds is 5. The van der Waals surface area contributed by atoms with Crippen molar-refractivity contribution in [2.75, 3.05) is 18.4 Å². The van der Waals surface area contributed by atoms with E-state index in [2.05, 4.69) is 26.4 Å². The summed E-state index contributed by atoms with van der Waals surface area (Å²) in [6.45, 7) is 2.22. The number of amides is 1. The number of nitrogens with zero attached hydrogens (tertiary/aromatic N) is 5. The molecule has 3 N–H and O–H groups in total. The molecule has 4 rings (SSSR count). The third kappa shape index (κ3) is 3.55. The van der Waals surface area contributed by atoms with Crippen molar-refractivity contribution in [2.45, 2.75) is 37.8 Å². The lowest BCUT2D eigenvalue weighted by Gasteiger charge is -2.43. The maximum Gasteiger partial charge on any atom is 0.254 e. The molecule has 0 spiro atoms. The van der Waals surface area contributed by atoms with Crippen molar-refractivity contribution in [3.8, 4) is 6.07 Å². The summed E-state index contributed by atoms with van der Waals surface area (Å²) in [6.07, 6.45) is 6.73. The molecule has 1 aliphatic heterocycles. The van der Waals surface area contributed by atoms with Gasteiger partial charge in [0, 0.05) is 30.2 Å². The molecule has 1 aliphatic carbocycles. The number of carbonyl (C=O) groups excluding carboxylic acids is 1. The van der Waals surface area contributed by atoms with Crippen LogP contribution in [0.5, 0.6) is 0 Å². The molecule has 9 heteroatoms. The topological polar surface area (TPSA) is 113 Å². The summed E-state index contributed by atoms with van der Waals surface area (Å²) in [5, 5.41) is 17.1. The van der Waals surface area contributed by atoms with E-state index in [1.54, 1.807) is 16.9 Å². The van der Waals surface area contributed by atoms with Crippen LogP contribution in [-0.4, -0.2) is 44.7 Å². The molecular weight excluding hydrogens is 361 g/mol. The van der Waals surface area contributed by atoms with E-state index in [0.29, 0.717) is 11.7 Å². The predicted octanol–water partition coefficient (Wildman–Crippen LogP) is 2.20. The summed E-state index contributed by atoms with van der Waals surface area (Å²) in [7, 11) is 0. The fourth-order valence-electron chi connectivity index (χ4n) is 4.08. The molecule has 8 nitrogen and oxygen atoms in total. The van der Waals surface area contributed by atoms with Crippen LogP contribution in [-0.2, 0) is 0 Å². The monoisotopic (exact) mass is 383 g/mol. The maximum absolute atomic E-state index is 13.3. The zero-order valence-electron chi connectivity index (χ0n) is 15.4. The number of hydrogen-bond acceptors (Lipinski definition) is 6. The maximum atomic E-state index is 13.3. The van der Waals surface area contributed by atoms with Crippen molar-refractivity contribution in [1.29, 1.82) is 5.26 Å². The van der Waals surface area contributed by atoms with Gasteiger partial charge in [-0.1, -0.05) is 0 Å². The quantitative estimate of drug-likeness (QED) is 0.766. The number of hydrogen-bond donors (Lipinski definition) is 2. The SMILES string of the molecule is N#CC1CC(N2CCC2)CCC1n1cc(C(N)=O)c(Nc2ccnc(F)c2)n1. The number of primary amides is 1. The smallest absolute Gasteiger partial charge is 0.254 e. The number of nitrogens with one attached hydrogen (secondary N) is 1. The van der Waals surface area contributed by atoms with E-state index in [9.17, 15) is 14.4 Å². The van der Waals surface area contributed by atoms with E-state index < -0.39 is 11.9 Å². The van der Waals surface area contributed by atoms with Crippen molar-refractivity contribution >= 4 is 17.4 Å². The number of halogens is 1. The van der Waals surface area contributed by atoms with Crippen molar-refractivity contribution in [3.05, 3.63) is 36.0 Å². The van der Waals surface area contributed by atoms with Crippen LogP contribution in [0.4, 0.5) is 15.9 Å². The Bertz CT molecular complexity index is 917. The number of nitrogens with two attached hydrogens (primary N) is 1. The summed E-state index contributed by atoms with van der Waals surface area (Å²) in [5.74, 6) is -1.21. The molecule has 146 valence electrons. The normalized spacial score (nSPS) is 24.9. The number of likely N-dealkylation sites (tertiary alicyclic amines) is 1. The second-order valence-corrected chi connectivity index (χ2v) is 7.39. The molecular formula is C19H22FN7O. The van der Waals surface area contributed by atoms with E-state index in [0.717, 1.165) is 32.4 Å². The van der Waals surface area contributed by atoms with Gasteiger partial charge in [0.15, 0.2) is 5.82 Å². The van der Waals surface area contributed by atoms with Gasteiger partial charge in [-0.25, -0.2) is 4.98 Å². The first kappa shape index (κ1) is 18.4. The molecule has 28 heavy (non-hydrogen) atoms. The van der Waals surface area contributed by atoms with Crippen molar-refractivity contribution in [3.63, 3.8) is 0 Å². The van der Waals surface area contributed by atoms with Crippen LogP contribution in [0.15, 0.2) is 24.5 Å². The highest BCUT2D eigenvalue weighted by atomic mass is 19.1. The van der Waals surface area contributed by atoms with Gasteiger partial charge >= 0.3 is 0 Å². The highest BCUT2D eigenvalue weighted by Gasteiger charge is 2.36. The minimum Gasteiger partial charge on any atom is -0.365 e. The van der Waals surface area contributed by atoms with Crippen molar-refractivity contribution in [2.24, 2.45) is 11.7 Å². The standard InChI is InChI=1S/C19H22FN7O/c20-17-9-13(4-5-23-17)24-19-15(18(22)28)11-27(25-19)16-3-2-14(8-12(16)10-21)26-6-1-7-26/h4-5,9,11-12,14,16H,1-3,6-8H2,(H2,22,28)(H,23,24,25). The first-order chi connectivity index (χ1) is 13.5. The van der Waals surface area contributed by atoms with Crippen molar-refractivity contribution < 1.29 is 9.18 Å². The molecule has 0 radical (unpaired) electrons. The van der Waals surface area contributed by atoms with Crippen LogP contribution in [0.25, 0.3) is 0 Å². The van der Waals surface area contributed by atoms with Gasteiger partial charge in [-0.3, -0.25) is 9.48 Å². The lowest BCUT2D eigenvalue weighted by molar-refractivity contribution is 0.0649. The third-order valence-electron chi connectivity index (χ3n) is 5.69. The van der Waals surface area contributed by atoms with Gasteiger partial charge in [0.25, 0.3) is 5.91 Å². The molecule has 3 heterocycles. The van der Waals surface area contributed by atoms with Gasteiger partial charge in [-0.15, -0.1) is 0 Å². The molecule has 3 atom stereocenters. The third-order valence-corrected chi connectivity index (χ3v) is 5.69.